The summed E-state index contributed by atoms with van der Waals surface area (Å²) in [4.78, 5) is 10.6. The number of sulfonamides is 1. The Kier molecular flexibility index (Phi) is 6.01. The Bertz CT molecular complexity index is 645. The molecular formula is C12H15Cl2NO5S. The maximum atomic E-state index is 12.3. The van der Waals surface area contributed by atoms with E-state index in [0.29, 0.717) is 0 Å². The van der Waals surface area contributed by atoms with Gasteiger partial charge < -0.3 is 10.2 Å². The van der Waals surface area contributed by atoms with E-state index in [9.17, 15) is 18.3 Å². The molecule has 0 radical (unpaired) electrons. The second-order valence-electron chi connectivity index (χ2n) is 4.72. The van der Waals surface area contributed by atoms with Crippen molar-refractivity contribution >= 4 is 39.2 Å². The van der Waals surface area contributed by atoms with Crippen LogP contribution in [0.5, 0.6) is 0 Å². The largest absolute Gasteiger partial charge is 0.478 e. The van der Waals surface area contributed by atoms with Crippen molar-refractivity contribution in [2.75, 3.05) is 6.61 Å². The second kappa shape index (κ2) is 6.93. The molecule has 0 saturated heterocycles. The lowest BCUT2D eigenvalue weighted by molar-refractivity contribution is 0.0697. The van der Waals surface area contributed by atoms with Crippen molar-refractivity contribution in [2.45, 2.75) is 24.8 Å². The molecule has 1 aromatic carbocycles. The number of benzene rings is 1. The van der Waals surface area contributed by atoms with Crippen molar-refractivity contribution in [3.8, 4) is 0 Å². The first-order chi connectivity index (χ1) is 9.60. The third-order valence-corrected chi connectivity index (χ3v) is 5.12. The Morgan fingerprint density at radius 3 is 2.29 bits per heavy atom. The molecular weight excluding hydrogens is 341 g/mol. The predicted molar refractivity (Wildman–Crippen MR) is 79.5 cm³/mol. The van der Waals surface area contributed by atoms with Gasteiger partial charge >= 0.3 is 5.97 Å². The van der Waals surface area contributed by atoms with Gasteiger partial charge in [-0.05, 0) is 18.1 Å². The van der Waals surface area contributed by atoms with Gasteiger partial charge in [-0.15, -0.1) is 0 Å². The molecule has 9 heteroatoms. The van der Waals surface area contributed by atoms with Gasteiger partial charge in [-0.1, -0.05) is 37.0 Å². The van der Waals surface area contributed by atoms with Crippen LogP contribution in [-0.4, -0.2) is 37.2 Å². The summed E-state index contributed by atoms with van der Waals surface area (Å²) in [6.45, 7) is 3.07. The molecule has 21 heavy (non-hydrogen) atoms. The molecule has 1 rings (SSSR count). The Morgan fingerprint density at radius 1 is 1.29 bits per heavy atom. The van der Waals surface area contributed by atoms with Crippen molar-refractivity contribution in [3.63, 3.8) is 0 Å². The van der Waals surface area contributed by atoms with E-state index in [1.807, 2.05) is 0 Å². The molecule has 0 heterocycles. The molecule has 6 nitrogen and oxygen atoms in total. The summed E-state index contributed by atoms with van der Waals surface area (Å²) in [7, 11) is -4.08. The van der Waals surface area contributed by atoms with Gasteiger partial charge in [-0.25, -0.2) is 17.9 Å². The lowest BCUT2D eigenvalue weighted by Gasteiger charge is -2.20. The molecule has 3 N–H and O–H groups in total. The highest BCUT2D eigenvalue weighted by Gasteiger charge is 2.26. The number of halogens is 2. The molecule has 1 aromatic rings. The first-order valence-corrected chi connectivity index (χ1v) is 8.19. The fraction of sp³-hybridized carbons (Fsp3) is 0.417. The van der Waals surface area contributed by atoms with E-state index in [1.54, 1.807) is 13.8 Å². The Labute approximate surface area is 132 Å². The van der Waals surface area contributed by atoms with Crippen molar-refractivity contribution < 1.29 is 23.4 Å². The zero-order chi connectivity index (χ0) is 16.4. The molecule has 0 saturated carbocycles. The van der Waals surface area contributed by atoms with Gasteiger partial charge in [0.2, 0.25) is 10.0 Å². The maximum absolute atomic E-state index is 12.3. The van der Waals surface area contributed by atoms with E-state index in [0.717, 1.165) is 12.1 Å². The molecule has 0 aromatic heterocycles. The van der Waals surface area contributed by atoms with E-state index in [2.05, 4.69) is 4.72 Å². The first-order valence-electron chi connectivity index (χ1n) is 5.95. The van der Waals surface area contributed by atoms with E-state index in [1.165, 1.54) is 0 Å². The molecule has 0 amide bonds. The van der Waals surface area contributed by atoms with Crippen LogP contribution in [0.25, 0.3) is 0 Å². The summed E-state index contributed by atoms with van der Waals surface area (Å²) in [6.07, 6.45) is 0. The number of rotatable bonds is 6. The summed E-state index contributed by atoms with van der Waals surface area (Å²) in [6, 6.07) is 1.24. The quantitative estimate of drug-likeness (QED) is 0.723. The van der Waals surface area contributed by atoms with Crippen LogP contribution in [0, 0.1) is 5.92 Å². The number of aromatic carboxylic acids is 1. The molecule has 0 aliphatic rings. The number of aliphatic hydroxyl groups excluding tert-OH is 1. The molecule has 0 bridgehead atoms. The van der Waals surface area contributed by atoms with Gasteiger partial charge in [0.15, 0.2) is 0 Å². The molecule has 0 aliphatic heterocycles. The van der Waals surface area contributed by atoms with Crippen molar-refractivity contribution in [1.82, 2.24) is 4.72 Å². The highest BCUT2D eigenvalue weighted by molar-refractivity contribution is 7.89. The fourth-order valence-electron chi connectivity index (χ4n) is 1.55. The molecule has 0 spiro atoms. The maximum Gasteiger partial charge on any atom is 0.337 e. The third kappa shape index (κ3) is 4.31. The van der Waals surface area contributed by atoms with Crippen molar-refractivity contribution in [1.29, 1.82) is 0 Å². The number of carboxylic acid groups (broad SMARTS) is 1. The summed E-state index contributed by atoms with van der Waals surface area (Å²) in [5.74, 6) is -1.52. The number of hydrogen-bond donors (Lipinski definition) is 3. The molecule has 118 valence electrons. The average molecular weight is 356 g/mol. The number of aliphatic hydroxyl groups is 1. The van der Waals surface area contributed by atoms with Crippen molar-refractivity contribution in [3.05, 3.63) is 27.7 Å². The van der Waals surface area contributed by atoms with Crippen molar-refractivity contribution in [2.24, 2.45) is 5.92 Å². The highest BCUT2D eigenvalue weighted by atomic mass is 35.5. The average Bonchev–Trinajstić information content (AvgIpc) is 2.34. The number of carboxylic acids is 1. The minimum atomic E-state index is -4.08. The Hall–Kier alpha value is -0.860. The predicted octanol–water partition coefficient (Wildman–Crippen LogP) is 1.99. The summed E-state index contributed by atoms with van der Waals surface area (Å²) < 4.78 is 26.8. The summed E-state index contributed by atoms with van der Waals surface area (Å²) in [5.41, 5.74) is -0.369. The normalized spacial score (nSPS) is 13.4. The standard InChI is InChI=1S/C12H15Cl2NO5S/c1-6(2)10(5-16)15-21(19,20)11-3-7(12(17)18)8(13)4-9(11)14/h3-4,6,10,15-16H,5H2,1-2H3,(H,17,18)/t10-/m1/s1. The number of carbonyl (C=O) groups is 1. The lowest BCUT2D eigenvalue weighted by atomic mass is 10.1. The van der Waals surface area contributed by atoms with Crippen LogP contribution >= 0.6 is 23.2 Å². The monoisotopic (exact) mass is 355 g/mol. The number of nitrogens with one attached hydrogen (secondary N) is 1. The SMILES string of the molecule is CC(C)[C@@H](CO)NS(=O)(=O)c1cc(C(=O)O)c(Cl)cc1Cl. The fourth-order valence-corrected chi connectivity index (χ4v) is 3.78. The zero-order valence-corrected chi connectivity index (χ0v) is 13.6. The van der Waals surface area contributed by atoms with Gasteiger partial charge in [0.25, 0.3) is 0 Å². The minimum Gasteiger partial charge on any atom is -0.478 e. The third-order valence-electron chi connectivity index (χ3n) is 2.85. The van der Waals surface area contributed by atoms with Gasteiger partial charge in [0.1, 0.15) is 4.90 Å². The topological polar surface area (TPSA) is 104 Å². The second-order valence-corrected chi connectivity index (χ2v) is 7.22. The van der Waals surface area contributed by atoms with Gasteiger partial charge in [0, 0.05) is 6.04 Å². The van der Waals surface area contributed by atoms with E-state index in [4.69, 9.17) is 28.3 Å². The molecule has 1 atom stereocenters. The van der Waals surface area contributed by atoms with Gasteiger partial charge in [0.05, 0.1) is 22.2 Å². The summed E-state index contributed by atoms with van der Waals surface area (Å²) >= 11 is 11.5. The Balaban J connectivity index is 3.31. The first kappa shape index (κ1) is 18.2. The van der Waals surface area contributed by atoms with Crippen LogP contribution in [0.4, 0.5) is 0 Å². The van der Waals surface area contributed by atoms with Crippen LogP contribution in [0.3, 0.4) is 0 Å². The Morgan fingerprint density at radius 2 is 1.86 bits per heavy atom. The minimum absolute atomic E-state index is 0.158. The zero-order valence-electron chi connectivity index (χ0n) is 11.3. The van der Waals surface area contributed by atoms with Gasteiger partial charge in [-0.3, -0.25) is 0 Å². The highest BCUT2D eigenvalue weighted by Crippen LogP contribution is 2.29. The van der Waals surface area contributed by atoms with Crippen LogP contribution in [-0.2, 0) is 10.0 Å². The molecule has 0 fully saturated rings. The van der Waals surface area contributed by atoms with Crippen LogP contribution in [0.15, 0.2) is 17.0 Å². The van der Waals surface area contributed by atoms with E-state index >= 15 is 0 Å². The van der Waals surface area contributed by atoms with E-state index < -0.39 is 33.5 Å². The molecule has 0 unspecified atom stereocenters. The molecule has 0 aliphatic carbocycles. The lowest BCUT2D eigenvalue weighted by Crippen LogP contribution is -2.41. The van der Waals surface area contributed by atoms with Crippen LogP contribution in [0.2, 0.25) is 10.0 Å². The summed E-state index contributed by atoms with van der Waals surface area (Å²) in [5, 5.41) is 17.8. The van der Waals surface area contributed by atoms with Gasteiger partial charge in [-0.2, -0.15) is 0 Å². The van der Waals surface area contributed by atoms with E-state index in [-0.39, 0.29) is 21.5 Å². The van der Waals surface area contributed by atoms with Crippen LogP contribution in [0.1, 0.15) is 24.2 Å². The van der Waals surface area contributed by atoms with Crippen LogP contribution < -0.4 is 4.72 Å². The number of hydrogen-bond acceptors (Lipinski definition) is 4. The smallest absolute Gasteiger partial charge is 0.337 e.